The summed E-state index contributed by atoms with van der Waals surface area (Å²) in [5.41, 5.74) is 0. The van der Waals surface area contributed by atoms with Gasteiger partial charge in [-0.25, -0.2) is 9.59 Å². The zero-order valence-corrected chi connectivity index (χ0v) is 11.7. The van der Waals surface area contributed by atoms with Crippen LogP contribution in [0.1, 0.15) is 37.1 Å². The first kappa shape index (κ1) is 13.9. The molecule has 0 aromatic carbocycles. The molecular weight excluding hydrogens is 264 g/mol. The van der Waals surface area contributed by atoms with Gasteiger partial charge in [0.05, 0.1) is 0 Å². The largest absolute Gasteiger partial charge is 0.479 e. The van der Waals surface area contributed by atoms with Crippen LogP contribution in [0, 0.1) is 0 Å². The molecule has 1 aromatic heterocycles. The average molecular weight is 282 g/mol. The normalized spacial score (nSPS) is 20.9. The Hall–Kier alpha value is -1.56. The summed E-state index contributed by atoms with van der Waals surface area (Å²) < 4.78 is 0. The number of aliphatic carboxylic acids is 1. The molecule has 0 spiro atoms. The van der Waals surface area contributed by atoms with Crippen molar-refractivity contribution in [3.05, 3.63) is 22.4 Å². The van der Waals surface area contributed by atoms with Gasteiger partial charge in [0, 0.05) is 17.5 Å². The predicted molar refractivity (Wildman–Crippen MR) is 73.2 cm³/mol. The summed E-state index contributed by atoms with van der Waals surface area (Å²) in [5.74, 6) is -1.03. The summed E-state index contributed by atoms with van der Waals surface area (Å²) in [6.07, 6.45) is 3.08. The highest BCUT2D eigenvalue weighted by Gasteiger charge is 2.28. The van der Waals surface area contributed by atoms with E-state index in [-0.39, 0.29) is 12.1 Å². The van der Waals surface area contributed by atoms with Gasteiger partial charge in [0.1, 0.15) is 0 Å². The second-order valence-electron chi connectivity index (χ2n) is 4.77. The van der Waals surface area contributed by atoms with Crippen LogP contribution < -0.4 is 5.32 Å². The maximum absolute atomic E-state index is 12.2. The first-order valence-electron chi connectivity index (χ1n) is 6.43. The molecule has 0 saturated carbocycles. The predicted octanol–water partition coefficient (Wildman–Crippen LogP) is 2.46. The molecule has 1 aliphatic rings. The molecule has 0 bridgehead atoms. The van der Waals surface area contributed by atoms with Crippen LogP contribution >= 0.6 is 11.3 Å². The summed E-state index contributed by atoms with van der Waals surface area (Å²) in [7, 11) is 0. The third-order valence-electron chi connectivity index (χ3n) is 3.41. The van der Waals surface area contributed by atoms with E-state index in [1.165, 1.54) is 11.3 Å². The van der Waals surface area contributed by atoms with Crippen LogP contribution in [-0.4, -0.2) is 34.6 Å². The van der Waals surface area contributed by atoms with Crippen molar-refractivity contribution in [2.75, 3.05) is 6.54 Å². The van der Waals surface area contributed by atoms with E-state index < -0.39 is 12.0 Å². The molecule has 6 heteroatoms. The van der Waals surface area contributed by atoms with Gasteiger partial charge < -0.3 is 15.3 Å². The number of piperidine rings is 1. The Bertz CT molecular complexity index is 447. The number of likely N-dealkylation sites (tertiary alicyclic amines) is 1. The zero-order valence-electron chi connectivity index (χ0n) is 10.8. The van der Waals surface area contributed by atoms with Gasteiger partial charge in [0.25, 0.3) is 0 Å². The number of carboxylic acid groups (broad SMARTS) is 1. The minimum Gasteiger partial charge on any atom is -0.479 e. The molecule has 0 aliphatic carbocycles. The monoisotopic (exact) mass is 282 g/mol. The molecule has 1 aromatic rings. The summed E-state index contributed by atoms with van der Waals surface area (Å²) in [6, 6.07) is 2.44. The van der Waals surface area contributed by atoms with Gasteiger partial charge in [-0.15, -0.1) is 11.3 Å². The lowest BCUT2D eigenvalue weighted by Gasteiger charge is -2.34. The molecule has 1 aliphatic heterocycles. The van der Waals surface area contributed by atoms with E-state index in [0.29, 0.717) is 11.4 Å². The number of amides is 2. The number of hydrogen-bond donors (Lipinski definition) is 2. The van der Waals surface area contributed by atoms with Gasteiger partial charge in [-0.2, -0.15) is 0 Å². The highest BCUT2D eigenvalue weighted by molar-refractivity contribution is 7.10. The number of urea groups is 1. The van der Waals surface area contributed by atoms with E-state index in [1.54, 1.807) is 22.4 Å². The maximum atomic E-state index is 12.2. The van der Waals surface area contributed by atoms with Crippen LogP contribution in [0.15, 0.2) is 17.5 Å². The summed E-state index contributed by atoms with van der Waals surface area (Å²) in [5, 5.41) is 13.7. The lowest BCUT2D eigenvalue weighted by molar-refractivity contribution is -0.139. The van der Waals surface area contributed by atoms with Crippen molar-refractivity contribution in [1.82, 2.24) is 10.2 Å². The SMILES string of the molecule is CC1CCCCN1C(=O)NC(C(=O)O)c1cccs1. The van der Waals surface area contributed by atoms with Gasteiger partial charge >= 0.3 is 12.0 Å². The van der Waals surface area contributed by atoms with Gasteiger partial charge in [0.2, 0.25) is 0 Å². The molecular formula is C13H18N2O3S. The molecule has 104 valence electrons. The van der Waals surface area contributed by atoms with Crippen molar-refractivity contribution in [2.24, 2.45) is 0 Å². The third kappa shape index (κ3) is 3.26. The molecule has 0 radical (unpaired) electrons. The maximum Gasteiger partial charge on any atom is 0.331 e. The highest BCUT2D eigenvalue weighted by Crippen LogP contribution is 2.21. The summed E-state index contributed by atoms with van der Waals surface area (Å²) in [6.45, 7) is 2.70. The quantitative estimate of drug-likeness (QED) is 0.894. The third-order valence-corrected chi connectivity index (χ3v) is 4.34. The van der Waals surface area contributed by atoms with Crippen molar-refractivity contribution < 1.29 is 14.7 Å². The second-order valence-corrected chi connectivity index (χ2v) is 5.75. The van der Waals surface area contributed by atoms with Crippen molar-refractivity contribution in [3.8, 4) is 0 Å². The summed E-state index contributed by atoms with van der Waals surface area (Å²) >= 11 is 1.33. The number of thiophene rings is 1. The Labute approximate surface area is 116 Å². The standard InChI is InChI=1S/C13H18N2O3S/c1-9-5-2-3-7-15(9)13(18)14-11(12(16)17)10-6-4-8-19-10/h4,6,8-9,11H,2-3,5,7H2,1H3,(H,14,18)(H,16,17). The van der Waals surface area contributed by atoms with Crippen LogP contribution in [-0.2, 0) is 4.79 Å². The molecule has 2 atom stereocenters. The van der Waals surface area contributed by atoms with Gasteiger partial charge in [0.15, 0.2) is 6.04 Å². The molecule has 1 saturated heterocycles. The molecule has 5 nitrogen and oxygen atoms in total. The van der Waals surface area contributed by atoms with E-state index in [1.807, 2.05) is 6.92 Å². The first-order valence-corrected chi connectivity index (χ1v) is 7.31. The van der Waals surface area contributed by atoms with E-state index >= 15 is 0 Å². The van der Waals surface area contributed by atoms with Crippen LogP contribution in [0.5, 0.6) is 0 Å². The van der Waals surface area contributed by atoms with E-state index in [9.17, 15) is 14.7 Å². The second kappa shape index (κ2) is 6.06. The van der Waals surface area contributed by atoms with Crippen LogP contribution in [0.25, 0.3) is 0 Å². The molecule has 2 rings (SSSR count). The fraction of sp³-hybridized carbons (Fsp3) is 0.538. The molecule has 2 unspecified atom stereocenters. The number of hydrogen-bond acceptors (Lipinski definition) is 3. The van der Waals surface area contributed by atoms with E-state index in [4.69, 9.17) is 0 Å². The topological polar surface area (TPSA) is 69.6 Å². The number of nitrogens with zero attached hydrogens (tertiary/aromatic N) is 1. The Morgan fingerprint density at radius 1 is 1.53 bits per heavy atom. The van der Waals surface area contributed by atoms with Gasteiger partial charge in [-0.1, -0.05) is 6.07 Å². The minimum atomic E-state index is -1.03. The Kier molecular flexibility index (Phi) is 4.42. The number of carboxylic acids is 1. The fourth-order valence-electron chi connectivity index (χ4n) is 2.32. The number of nitrogens with one attached hydrogen (secondary N) is 1. The van der Waals surface area contributed by atoms with Crippen LogP contribution in [0.4, 0.5) is 4.79 Å². The lowest BCUT2D eigenvalue weighted by atomic mass is 10.0. The van der Waals surface area contributed by atoms with Crippen molar-refractivity contribution in [2.45, 2.75) is 38.3 Å². The summed E-state index contributed by atoms with van der Waals surface area (Å²) in [4.78, 5) is 25.8. The smallest absolute Gasteiger partial charge is 0.331 e. The minimum absolute atomic E-state index is 0.173. The molecule has 2 heterocycles. The Morgan fingerprint density at radius 2 is 2.32 bits per heavy atom. The molecule has 1 fully saturated rings. The number of carbonyl (C=O) groups is 2. The van der Waals surface area contributed by atoms with Gasteiger partial charge in [-0.3, -0.25) is 0 Å². The Morgan fingerprint density at radius 3 is 2.89 bits per heavy atom. The van der Waals surface area contributed by atoms with Crippen molar-refractivity contribution >= 4 is 23.3 Å². The van der Waals surface area contributed by atoms with Crippen molar-refractivity contribution in [3.63, 3.8) is 0 Å². The highest BCUT2D eigenvalue weighted by atomic mass is 32.1. The van der Waals surface area contributed by atoms with Crippen LogP contribution in [0.3, 0.4) is 0 Å². The number of carbonyl (C=O) groups excluding carboxylic acids is 1. The lowest BCUT2D eigenvalue weighted by Crippen LogP contribution is -2.49. The van der Waals surface area contributed by atoms with Crippen LogP contribution in [0.2, 0.25) is 0 Å². The first-order chi connectivity index (χ1) is 9.09. The number of rotatable bonds is 3. The molecule has 2 amide bonds. The zero-order chi connectivity index (χ0) is 13.8. The van der Waals surface area contributed by atoms with Gasteiger partial charge in [-0.05, 0) is 37.6 Å². The Balaban J connectivity index is 2.05. The van der Waals surface area contributed by atoms with E-state index in [2.05, 4.69) is 5.32 Å². The molecule has 19 heavy (non-hydrogen) atoms. The average Bonchev–Trinajstić information content (AvgIpc) is 2.89. The van der Waals surface area contributed by atoms with Crippen molar-refractivity contribution in [1.29, 1.82) is 0 Å². The van der Waals surface area contributed by atoms with E-state index in [0.717, 1.165) is 19.3 Å². The fourth-order valence-corrected chi connectivity index (χ4v) is 3.08. The molecule has 2 N–H and O–H groups in total.